The molecule has 0 N–H and O–H groups in total. The van der Waals surface area contributed by atoms with Crippen molar-refractivity contribution in [2.24, 2.45) is 52.8 Å². The van der Waals surface area contributed by atoms with Crippen LogP contribution in [0.5, 0.6) is 0 Å². The fourth-order valence-electron chi connectivity index (χ4n) is 8.13. The van der Waals surface area contributed by atoms with E-state index >= 15 is 0 Å². The van der Waals surface area contributed by atoms with Crippen LogP contribution in [0.15, 0.2) is 0 Å². The summed E-state index contributed by atoms with van der Waals surface area (Å²) in [4.78, 5) is 12.8. The average molecular weight is 411 g/mol. The molecule has 25 heavy (non-hydrogen) atoms. The van der Waals surface area contributed by atoms with Gasteiger partial charge in [0.25, 0.3) is 0 Å². The number of fused-ring (bicyclic) bond motifs is 3. The van der Waals surface area contributed by atoms with Crippen LogP contribution in [0, 0.1) is 52.8 Å². The van der Waals surface area contributed by atoms with Gasteiger partial charge in [-0.2, -0.15) is 0 Å². The molecule has 0 spiro atoms. The molecule has 0 amide bonds. The van der Waals surface area contributed by atoms with Gasteiger partial charge in [-0.15, -0.1) is 0 Å². The summed E-state index contributed by atoms with van der Waals surface area (Å²) in [5, 5.41) is 0.543. The molecule has 144 valence electrons. The Morgan fingerprint density at radius 3 is 2.40 bits per heavy atom. The molecule has 0 saturated heterocycles. The minimum Gasteiger partial charge on any atom is -0.298 e. The van der Waals surface area contributed by atoms with Crippen molar-refractivity contribution in [3.05, 3.63) is 0 Å². The van der Waals surface area contributed by atoms with Crippen LogP contribution in [0.25, 0.3) is 0 Å². The molecule has 0 heterocycles. The van der Waals surface area contributed by atoms with E-state index in [1.54, 1.807) is 0 Å². The van der Waals surface area contributed by atoms with E-state index in [-0.39, 0.29) is 11.3 Å². The lowest BCUT2D eigenvalue weighted by molar-refractivity contribution is -0.128. The Labute approximate surface area is 164 Å². The summed E-state index contributed by atoms with van der Waals surface area (Å²) in [5.74, 6) is 6.49. The van der Waals surface area contributed by atoms with Crippen LogP contribution in [-0.2, 0) is 4.79 Å². The molecule has 2 heteroatoms. The molecule has 0 aromatic heterocycles. The van der Waals surface area contributed by atoms with Gasteiger partial charge in [0.1, 0.15) is 5.78 Å². The zero-order valence-electron chi connectivity index (χ0n) is 17.1. The molecule has 0 radical (unpaired) electrons. The topological polar surface area (TPSA) is 17.1 Å². The Bertz CT molecular complexity index is 488. The molecule has 0 bridgehead atoms. The van der Waals surface area contributed by atoms with E-state index in [0.29, 0.717) is 22.9 Å². The summed E-state index contributed by atoms with van der Waals surface area (Å²) in [7, 11) is 0. The largest absolute Gasteiger partial charge is 0.298 e. The molecule has 3 rings (SSSR count). The van der Waals surface area contributed by atoms with E-state index in [4.69, 9.17) is 0 Å². The third-order valence-corrected chi connectivity index (χ3v) is 9.62. The number of halogens is 1. The maximum Gasteiger partial charge on any atom is 0.147 e. The molecule has 1 nitrogen and oxygen atoms in total. The summed E-state index contributed by atoms with van der Waals surface area (Å²) < 4.78 is 0. The maximum atomic E-state index is 12.8. The predicted octanol–water partition coefficient (Wildman–Crippen LogP) is 6.74. The smallest absolute Gasteiger partial charge is 0.147 e. The van der Waals surface area contributed by atoms with Gasteiger partial charge in [-0.05, 0) is 72.5 Å². The Morgan fingerprint density at radius 2 is 1.80 bits per heavy atom. The molecule has 3 aliphatic rings. The van der Waals surface area contributed by atoms with Crippen LogP contribution in [0.1, 0.15) is 79.6 Å². The van der Waals surface area contributed by atoms with Gasteiger partial charge in [0.05, 0.1) is 5.33 Å². The van der Waals surface area contributed by atoms with Gasteiger partial charge < -0.3 is 0 Å². The molecule has 0 aromatic rings. The van der Waals surface area contributed by atoms with Crippen molar-refractivity contribution in [1.29, 1.82) is 0 Å². The summed E-state index contributed by atoms with van der Waals surface area (Å²) in [6.07, 6.45) is 9.66. The van der Waals surface area contributed by atoms with E-state index in [2.05, 4.69) is 50.5 Å². The Kier molecular flexibility index (Phi) is 6.08. The van der Waals surface area contributed by atoms with Crippen LogP contribution in [0.4, 0.5) is 0 Å². The van der Waals surface area contributed by atoms with Gasteiger partial charge in [0.15, 0.2) is 0 Å². The van der Waals surface area contributed by atoms with Crippen molar-refractivity contribution in [3.8, 4) is 0 Å². The highest BCUT2D eigenvalue weighted by molar-refractivity contribution is 9.09. The average Bonchev–Trinajstić information content (AvgIpc) is 2.81. The summed E-state index contributed by atoms with van der Waals surface area (Å²) in [5.41, 5.74) is 0.251. The second-order valence-corrected chi connectivity index (χ2v) is 10.5. The lowest BCUT2D eigenvalue weighted by Crippen LogP contribution is -2.49. The first-order valence-electron chi connectivity index (χ1n) is 11.0. The normalized spacial score (nSPS) is 49.5. The van der Waals surface area contributed by atoms with Crippen molar-refractivity contribution >= 4 is 21.7 Å². The van der Waals surface area contributed by atoms with Crippen LogP contribution < -0.4 is 0 Å². The van der Waals surface area contributed by atoms with Gasteiger partial charge >= 0.3 is 0 Å². The fraction of sp³-hybridized carbons (Fsp3) is 0.957. The standard InChI is InChI=1S/C23H39BrO/c1-6-8-17-16(7-2)9-10-19-18(17)11-12-23(5)21(19)14(3)15(4)22(23)20(25)13-24/h14-19,21-22H,6-13H2,1-5H3/t14-,15?,16?,17?,18?,19?,21?,22?,23?/m1/s1. The highest BCUT2D eigenvalue weighted by atomic mass is 79.9. The Balaban J connectivity index is 1.92. The van der Waals surface area contributed by atoms with E-state index < -0.39 is 0 Å². The third-order valence-electron chi connectivity index (χ3n) is 9.07. The van der Waals surface area contributed by atoms with Gasteiger partial charge in [-0.25, -0.2) is 0 Å². The zero-order chi connectivity index (χ0) is 18.4. The van der Waals surface area contributed by atoms with Crippen molar-refractivity contribution in [1.82, 2.24) is 0 Å². The SMILES string of the molecule is CCCC1C(CC)CCC2C1CCC1(C)C(C(=O)CBr)C(C)[C@@H](C)C21. The number of rotatable bonds is 5. The van der Waals surface area contributed by atoms with Crippen molar-refractivity contribution < 1.29 is 4.79 Å². The zero-order valence-corrected chi connectivity index (χ0v) is 18.6. The molecule has 0 aliphatic heterocycles. The molecule has 8 unspecified atom stereocenters. The molecule has 9 atom stereocenters. The van der Waals surface area contributed by atoms with Gasteiger partial charge in [-0.3, -0.25) is 4.79 Å². The van der Waals surface area contributed by atoms with Gasteiger partial charge in [-0.1, -0.05) is 69.8 Å². The van der Waals surface area contributed by atoms with Crippen LogP contribution >= 0.6 is 15.9 Å². The predicted molar refractivity (Wildman–Crippen MR) is 110 cm³/mol. The molecule has 0 aromatic carbocycles. The highest BCUT2D eigenvalue weighted by Crippen LogP contribution is 2.66. The molecule has 3 aliphatic carbocycles. The highest BCUT2D eigenvalue weighted by Gasteiger charge is 2.62. The van der Waals surface area contributed by atoms with Crippen molar-refractivity contribution in [2.75, 3.05) is 5.33 Å². The molecule has 3 fully saturated rings. The number of carbonyl (C=O) groups excluding carboxylic acids is 1. The lowest BCUT2D eigenvalue weighted by atomic mass is 9.49. The minimum atomic E-state index is 0.251. The molecular formula is C23H39BrO. The fourth-order valence-corrected chi connectivity index (χ4v) is 8.48. The van der Waals surface area contributed by atoms with E-state index in [1.807, 2.05) is 0 Å². The number of Topliss-reactive ketones (excluding diaryl/α,β-unsaturated/α-hetero) is 1. The van der Waals surface area contributed by atoms with Crippen LogP contribution in [-0.4, -0.2) is 11.1 Å². The maximum absolute atomic E-state index is 12.8. The summed E-state index contributed by atoms with van der Waals surface area (Å²) in [6.45, 7) is 12.1. The summed E-state index contributed by atoms with van der Waals surface area (Å²) >= 11 is 3.48. The first-order valence-corrected chi connectivity index (χ1v) is 12.1. The number of hydrogen-bond acceptors (Lipinski definition) is 1. The first kappa shape index (κ1) is 19.9. The number of hydrogen-bond donors (Lipinski definition) is 0. The minimum absolute atomic E-state index is 0.251. The number of ketones is 1. The van der Waals surface area contributed by atoms with Crippen LogP contribution in [0.2, 0.25) is 0 Å². The van der Waals surface area contributed by atoms with Gasteiger partial charge in [0.2, 0.25) is 0 Å². The van der Waals surface area contributed by atoms with E-state index in [1.165, 1.54) is 44.9 Å². The van der Waals surface area contributed by atoms with Crippen molar-refractivity contribution in [2.45, 2.75) is 79.6 Å². The van der Waals surface area contributed by atoms with E-state index in [9.17, 15) is 4.79 Å². The number of alkyl halides is 1. The second-order valence-electron chi connectivity index (χ2n) is 9.89. The second kappa shape index (κ2) is 7.64. The summed E-state index contributed by atoms with van der Waals surface area (Å²) in [6, 6.07) is 0. The Hall–Kier alpha value is 0.150. The lowest BCUT2D eigenvalue weighted by Gasteiger charge is -2.55. The molecule has 3 saturated carbocycles. The van der Waals surface area contributed by atoms with Crippen LogP contribution in [0.3, 0.4) is 0 Å². The quantitative estimate of drug-likeness (QED) is 0.458. The van der Waals surface area contributed by atoms with Crippen molar-refractivity contribution in [3.63, 3.8) is 0 Å². The monoisotopic (exact) mass is 410 g/mol. The molecular weight excluding hydrogens is 372 g/mol. The van der Waals surface area contributed by atoms with E-state index in [0.717, 1.165) is 29.6 Å². The third kappa shape index (κ3) is 3.07. The first-order chi connectivity index (χ1) is 11.9. The number of carbonyl (C=O) groups is 1. The van der Waals surface area contributed by atoms with Gasteiger partial charge in [0, 0.05) is 5.92 Å². The Morgan fingerprint density at radius 1 is 1.08 bits per heavy atom.